The van der Waals surface area contributed by atoms with Crippen molar-refractivity contribution in [1.82, 2.24) is 15.0 Å². The zero-order valence-electron chi connectivity index (χ0n) is 18.1. The number of hydrogen-bond acceptors (Lipinski definition) is 7. The van der Waals surface area contributed by atoms with Crippen LogP contribution in [0.3, 0.4) is 0 Å². The number of rotatable bonds is 8. The summed E-state index contributed by atoms with van der Waals surface area (Å²) in [6, 6.07) is 8.63. The maximum Gasteiger partial charge on any atom is 0.227 e. The van der Waals surface area contributed by atoms with Crippen LogP contribution in [0.25, 0.3) is 11.1 Å². The zero-order valence-corrected chi connectivity index (χ0v) is 18.1. The number of oxazole rings is 1. The Kier molecular flexibility index (Phi) is 6.11. The number of benzene rings is 2. The Labute approximate surface area is 184 Å². The molecular weight excluding hydrogens is 411 g/mol. The largest absolute Gasteiger partial charge is 0.494 e. The molecule has 0 unspecified atom stereocenters. The van der Waals surface area contributed by atoms with Crippen molar-refractivity contribution in [2.24, 2.45) is 0 Å². The van der Waals surface area contributed by atoms with E-state index in [1.165, 1.54) is 13.2 Å². The molecule has 4 rings (SSSR count). The summed E-state index contributed by atoms with van der Waals surface area (Å²) in [4.78, 5) is 25.0. The van der Waals surface area contributed by atoms with Crippen molar-refractivity contribution in [3.8, 4) is 5.75 Å². The normalized spacial score (nSPS) is 11.0. The predicted octanol–water partition coefficient (Wildman–Crippen LogP) is 5.20. The van der Waals surface area contributed by atoms with Crippen molar-refractivity contribution in [2.75, 3.05) is 12.4 Å². The van der Waals surface area contributed by atoms with Gasteiger partial charge in [0.15, 0.2) is 28.8 Å². The molecule has 0 aliphatic carbocycles. The van der Waals surface area contributed by atoms with Crippen LogP contribution in [0, 0.1) is 12.7 Å². The molecular formula is C24H23FN4O3. The number of carbonyl (C=O) groups excluding carboxylic acids is 1. The van der Waals surface area contributed by atoms with E-state index in [0.29, 0.717) is 47.8 Å². The van der Waals surface area contributed by atoms with Crippen molar-refractivity contribution >= 4 is 28.5 Å². The molecule has 0 saturated carbocycles. The Hall–Kier alpha value is -3.81. The fraction of sp³-hybridized carbons (Fsp3) is 0.250. The number of Topliss-reactive ketones (excluding diaryl/α,β-unsaturated/α-hetero) is 1. The molecule has 0 bridgehead atoms. The number of hydrogen-bond donors (Lipinski definition) is 1. The average Bonchev–Trinajstić information content (AvgIpc) is 3.18. The van der Waals surface area contributed by atoms with Crippen LogP contribution < -0.4 is 10.1 Å². The summed E-state index contributed by atoms with van der Waals surface area (Å²) in [6.45, 7) is 3.57. The predicted molar refractivity (Wildman–Crippen MR) is 119 cm³/mol. The first kappa shape index (κ1) is 21.4. The fourth-order valence-corrected chi connectivity index (χ4v) is 3.43. The van der Waals surface area contributed by atoms with Crippen LogP contribution in [0.5, 0.6) is 5.75 Å². The fourth-order valence-electron chi connectivity index (χ4n) is 3.43. The third-order valence-corrected chi connectivity index (χ3v) is 5.12. The van der Waals surface area contributed by atoms with Crippen LogP contribution in [-0.2, 0) is 12.8 Å². The van der Waals surface area contributed by atoms with E-state index >= 15 is 0 Å². The Morgan fingerprint density at radius 2 is 1.94 bits per heavy atom. The van der Waals surface area contributed by atoms with Crippen LogP contribution in [0.2, 0.25) is 0 Å². The van der Waals surface area contributed by atoms with Gasteiger partial charge in [-0.05, 0) is 48.2 Å². The standard InChI is InChI=1S/C24H23FN4O3/c1-4-20(30)17-9-16(23(25)22(10-17)31-3)6-5-15-12-26-24(27-13-15)29-18-7-8-19-21(11-18)32-14(2)28-19/h7-13H,4-6H2,1-3H3,(H,26,27,29). The summed E-state index contributed by atoms with van der Waals surface area (Å²) in [5, 5.41) is 3.13. The van der Waals surface area contributed by atoms with Gasteiger partial charge in [0.05, 0.1) is 7.11 Å². The lowest BCUT2D eigenvalue weighted by molar-refractivity contribution is 0.0987. The Balaban J connectivity index is 1.45. The summed E-state index contributed by atoms with van der Waals surface area (Å²) >= 11 is 0. The topological polar surface area (TPSA) is 90.1 Å². The van der Waals surface area contributed by atoms with Gasteiger partial charge in [-0.15, -0.1) is 0 Å². The molecule has 0 fully saturated rings. The summed E-state index contributed by atoms with van der Waals surface area (Å²) in [5.41, 5.74) is 3.99. The minimum absolute atomic E-state index is 0.0537. The SMILES string of the molecule is CCC(=O)c1cc(CCc2cnc(Nc3ccc4nc(C)oc4c3)nc2)c(F)c(OC)c1. The van der Waals surface area contributed by atoms with Gasteiger partial charge in [0.2, 0.25) is 5.95 Å². The first-order valence-corrected chi connectivity index (χ1v) is 10.3. The van der Waals surface area contributed by atoms with Crippen molar-refractivity contribution in [3.63, 3.8) is 0 Å². The van der Waals surface area contributed by atoms with E-state index in [1.807, 2.05) is 18.2 Å². The highest BCUT2D eigenvalue weighted by Gasteiger charge is 2.15. The highest BCUT2D eigenvalue weighted by molar-refractivity contribution is 5.96. The smallest absolute Gasteiger partial charge is 0.227 e. The van der Waals surface area contributed by atoms with E-state index in [1.54, 1.807) is 32.3 Å². The van der Waals surface area contributed by atoms with Gasteiger partial charge in [-0.1, -0.05) is 6.92 Å². The number of ether oxygens (including phenoxy) is 1. The molecule has 0 aliphatic heterocycles. The quantitative estimate of drug-likeness (QED) is 0.381. The van der Waals surface area contributed by atoms with Crippen molar-refractivity contribution in [3.05, 3.63) is 71.1 Å². The number of ketones is 1. The van der Waals surface area contributed by atoms with Crippen LogP contribution in [0.1, 0.15) is 40.7 Å². The lowest BCUT2D eigenvalue weighted by Crippen LogP contribution is -2.04. The lowest BCUT2D eigenvalue weighted by Gasteiger charge is -2.11. The van der Waals surface area contributed by atoms with Gasteiger partial charge in [0.1, 0.15) is 5.52 Å². The molecule has 7 nitrogen and oxygen atoms in total. The molecule has 0 amide bonds. The van der Waals surface area contributed by atoms with E-state index in [0.717, 1.165) is 16.8 Å². The number of anilines is 2. The zero-order chi connectivity index (χ0) is 22.7. The molecule has 32 heavy (non-hydrogen) atoms. The molecule has 0 aliphatic rings. The number of aryl methyl sites for hydroxylation is 3. The summed E-state index contributed by atoms with van der Waals surface area (Å²) < 4.78 is 25.3. The molecule has 2 heterocycles. The molecule has 4 aromatic rings. The second-order valence-corrected chi connectivity index (χ2v) is 7.38. The van der Waals surface area contributed by atoms with E-state index < -0.39 is 5.82 Å². The number of halogens is 1. The number of carbonyl (C=O) groups is 1. The molecule has 0 radical (unpaired) electrons. The maximum atomic E-state index is 14.7. The summed E-state index contributed by atoms with van der Waals surface area (Å²) in [6.07, 6.45) is 4.66. The van der Waals surface area contributed by atoms with E-state index in [9.17, 15) is 9.18 Å². The van der Waals surface area contributed by atoms with Gasteiger partial charge in [0, 0.05) is 43.1 Å². The maximum absolute atomic E-state index is 14.7. The van der Waals surface area contributed by atoms with Gasteiger partial charge in [-0.3, -0.25) is 4.79 Å². The van der Waals surface area contributed by atoms with Gasteiger partial charge >= 0.3 is 0 Å². The Morgan fingerprint density at radius 1 is 1.16 bits per heavy atom. The lowest BCUT2D eigenvalue weighted by atomic mass is 10.00. The van der Waals surface area contributed by atoms with Crippen molar-refractivity contribution < 1.29 is 18.3 Å². The molecule has 0 atom stereocenters. The van der Waals surface area contributed by atoms with Gasteiger partial charge in [-0.25, -0.2) is 19.3 Å². The Bertz CT molecular complexity index is 1270. The minimum Gasteiger partial charge on any atom is -0.494 e. The van der Waals surface area contributed by atoms with E-state index in [2.05, 4.69) is 20.3 Å². The van der Waals surface area contributed by atoms with Gasteiger partial charge in [-0.2, -0.15) is 0 Å². The van der Waals surface area contributed by atoms with Crippen LogP contribution in [0.15, 0.2) is 47.1 Å². The van der Waals surface area contributed by atoms with E-state index in [-0.39, 0.29) is 11.5 Å². The third kappa shape index (κ3) is 4.59. The molecule has 2 aromatic heterocycles. The highest BCUT2D eigenvalue weighted by Crippen LogP contribution is 2.25. The first-order valence-electron chi connectivity index (χ1n) is 10.3. The third-order valence-electron chi connectivity index (χ3n) is 5.12. The number of aromatic nitrogens is 3. The second kappa shape index (κ2) is 9.13. The first-order chi connectivity index (χ1) is 15.5. The van der Waals surface area contributed by atoms with Crippen molar-refractivity contribution in [1.29, 1.82) is 0 Å². The van der Waals surface area contributed by atoms with Crippen LogP contribution >= 0.6 is 0 Å². The van der Waals surface area contributed by atoms with Gasteiger partial charge in [0.25, 0.3) is 0 Å². The van der Waals surface area contributed by atoms with Gasteiger partial charge < -0.3 is 14.5 Å². The molecule has 0 saturated heterocycles. The molecule has 2 aromatic carbocycles. The minimum atomic E-state index is -0.447. The highest BCUT2D eigenvalue weighted by atomic mass is 19.1. The average molecular weight is 434 g/mol. The monoisotopic (exact) mass is 434 g/mol. The van der Waals surface area contributed by atoms with Crippen LogP contribution in [0.4, 0.5) is 16.0 Å². The number of fused-ring (bicyclic) bond motifs is 1. The number of nitrogens with zero attached hydrogens (tertiary/aromatic N) is 3. The summed E-state index contributed by atoms with van der Waals surface area (Å²) in [5.74, 6) is 0.623. The number of nitrogens with one attached hydrogen (secondary N) is 1. The summed E-state index contributed by atoms with van der Waals surface area (Å²) in [7, 11) is 1.39. The molecule has 1 N–H and O–H groups in total. The molecule has 8 heteroatoms. The molecule has 0 spiro atoms. The second-order valence-electron chi connectivity index (χ2n) is 7.38. The number of methoxy groups -OCH3 is 1. The molecule has 164 valence electrons. The Morgan fingerprint density at radius 3 is 2.66 bits per heavy atom. The van der Waals surface area contributed by atoms with Crippen molar-refractivity contribution in [2.45, 2.75) is 33.1 Å². The van der Waals surface area contributed by atoms with Crippen LogP contribution in [-0.4, -0.2) is 27.8 Å². The van der Waals surface area contributed by atoms with E-state index in [4.69, 9.17) is 9.15 Å².